The highest BCUT2D eigenvalue weighted by Crippen LogP contribution is 2.10. The van der Waals surface area contributed by atoms with Crippen LogP contribution in [0, 0.1) is 15.9 Å². The quantitative estimate of drug-likeness (QED) is 0.282. The van der Waals surface area contributed by atoms with Crippen molar-refractivity contribution < 1.29 is 14.1 Å². The highest BCUT2D eigenvalue weighted by Gasteiger charge is 2.14. The highest BCUT2D eigenvalue weighted by atomic mass is 32.1. The van der Waals surface area contributed by atoms with Gasteiger partial charge in [0.15, 0.2) is 10.9 Å². The molecule has 3 N–H and O–H groups in total. The number of benzene rings is 1. The van der Waals surface area contributed by atoms with Crippen molar-refractivity contribution in [2.24, 2.45) is 0 Å². The minimum absolute atomic E-state index is 0.00655. The first-order valence-electron chi connectivity index (χ1n) is 8.57. The highest BCUT2D eigenvalue weighted by molar-refractivity contribution is 7.80. The SMILES string of the molecule is O=C(CCn1cnc([N+](=O)[O-])n1)NNC(=S)Nc1ccn(Cc2ccccc2F)n1. The number of aryl methyl sites for hydroxylation is 1. The van der Waals surface area contributed by atoms with E-state index in [2.05, 4.69) is 31.3 Å². The maximum atomic E-state index is 13.7. The van der Waals surface area contributed by atoms with E-state index >= 15 is 0 Å². The molecular weight excluding hydrogens is 417 g/mol. The van der Waals surface area contributed by atoms with E-state index < -0.39 is 16.8 Å². The smallest absolute Gasteiger partial charge is 0.390 e. The van der Waals surface area contributed by atoms with Gasteiger partial charge in [0.25, 0.3) is 0 Å². The second kappa shape index (κ2) is 9.51. The Morgan fingerprint density at radius 1 is 1.20 bits per heavy atom. The number of nitrogens with zero attached hydrogens (tertiary/aromatic N) is 6. The third kappa shape index (κ3) is 5.78. The Balaban J connectivity index is 1.41. The van der Waals surface area contributed by atoms with E-state index in [4.69, 9.17) is 12.2 Å². The average Bonchev–Trinajstić information content (AvgIpc) is 3.36. The fraction of sp³-hybridized carbons (Fsp3) is 0.188. The van der Waals surface area contributed by atoms with Gasteiger partial charge in [-0.15, -0.1) is 0 Å². The van der Waals surface area contributed by atoms with Crippen molar-refractivity contribution in [1.29, 1.82) is 0 Å². The molecule has 0 unspecified atom stereocenters. The Morgan fingerprint density at radius 3 is 2.73 bits per heavy atom. The molecule has 0 saturated heterocycles. The molecule has 14 heteroatoms. The van der Waals surface area contributed by atoms with Crippen LogP contribution < -0.4 is 16.2 Å². The van der Waals surface area contributed by atoms with E-state index in [9.17, 15) is 19.3 Å². The maximum Gasteiger partial charge on any atom is 0.490 e. The van der Waals surface area contributed by atoms with E-state index in [1.54, 1.807) is 35.1 Å². The molecule has 2 heterocycles. The van der Waals surface area contributed by atoms with E-state index in [-0.39, 0.29) is 30.4 Å². The number of anilines is 1. The van der Waals surface area contributed by atoms with Crippen LogP contribution in [0.4, 0.5) is 16.2 Å². The average molecular weight is 433 g/mol. The summed E-state index contributed by atoms with van der Waals surface area (Å²) in [5, 5.41) is 21.2. The van der Waals surface area contributed by atoms with Crippen molar-refractivity contribution in [3.8, 4) is 0 Å². The lowest BCUT2D eigenvalue weighted by molar-refractivity contribution is -0.394. The van der Waals surface area contributed by atoms with Crippen LogP contribution in [-0.2, 0) is 17.9 Å². The van der Waals surface area contributed by atoms with Crippen molar-refractivity contribution in [3.63, 3.8) is 0 Å². The zero-order valence-corrected chi connectivity index (χ0v) is 16.2. The molecule has 3 aromatic rings. The molecule has 1 aromatic carbocycles. The zero-order valence-electron chi connectivity index (χ0n) is 15.4. The molecule has 1 amide bonds. The number of halogens is 1. The molecule has 3 rings (SSSR count). The number of amides is 1. The number of carbonyl (C=O) groups excluding carboxylic acids is 1. The summed E-state index contributed by atoms with van der Waals surface area (Å²) in [6, 6.07) is 8.05. The van der Waals surface area contributed by atoms with Gasteiger partial charge in [-0.1, -0.05) is 23.2 Å². The van der Waals surface area contributed by atoms with Crippen LogP contribution in [0.2, 0.25) is 0 Å². The summed E-state index contributed by atoms with van der Waals surface area (Å²) in [5.41, 5.74) is 5.40. The molecule has 0 atom stereocenters. The van der Waals surface area contributed by atoms with Crippen LogP contribution in [0.3, 0.4) is 0 Å². The molecule has 0 aliphatic carbocycles. The van der Waals surface area contributed by atoms with Gasteiger partial charge in [0.05, 0.1) is 13.1 Å². The lowest BCUT2D eigenvalue weighted by Crippen LogP contribution is -2.44. The number of aromatic nitrogens is 5. The molecule has 0 fully saturated rings. The minimum Gasteiger partial charge on any atom is -0.390 e. The van der Waals surface area contributed by atoms with Gasteiger partial charge in [0.2, 0.25) is 12.2 Å². The first-order valence-corrected chi connectivity index (χ1v) is 8.98. The van der Waals surface area contributed by atoms with E-state index in [0.29, 0.717) is 11.4 Å². The number of nitrogens with one attached hydrogen (secondary N) is 3. The lowest BCUT2D eigenvalue weighted by atomic mass is 10.2. The van der Waals surface area contributed by atoms with Gasteiger partial charge in [-0.3, -0.25) is 20.3 Å². The van der Waals surface area contributed by atoms with Gasteiger partial charge in [0.1, 0.15) is 5.82 Å². The van der Waals surface area contributed by atoms with Gasteiger partial charge in [0, 0.05) is 29.3 Å². The number of hydrazine groups is 1. The Labute approximate surface area is 174 Å². The first kappa shape index (κ1) is 20.8. The van der Waals surface area contributed by atoms with Gasteiger partial charge >= 0.3 is 5.95 Å². The summed E-state index contributed by atoms with van der Waals surface area (Å²) in [4.78, 5) is 25.1. The largest absolute Gasteiger partial charge is 0.490 e. The van der Waals surface area contributed by atoms with Crippen molar-refractivity contribution >= 4 is 35.0 Å². The van der Waals surface area contributed by atoms with Crippen LogP contribution in [0.5, 0.6) is 0 Å². The number of carbonyl (C=O) groups is 1. The van der Waals surface area contributed by atoms with E-state index in [1.807, 2.05) is 0 Å². The van der Waals surface area contributed by atoms with Gasteiger partial charge < -0.3 is 15.4 Å². The van der Waals surface area contributed by atoms with Crippen LogP contribution in [0.25, 0.3) is 0 Å². The lowest BCUT2D eigenvalue weighted by Gasteiger charge is -2.09. The zero-order chi connectivity index (χ0) is 21.5. The van der Waals surface area contributed by atoms with Crippen molar-refractivity contribution in [2.75, 3.05) is 5.32 Å². The fourth-order valence-corrected chi connectivity index (χ4v) is 2.50. The molecule has 30 heavy (non-hydrogen) atoms. The first-order chi connectivity index (χ1) is 14.4. The second-order valence-corrected chi connectivity index (χ2v) is 6.34. The van der Waals surface area contributed by atoms with E-state index in [1.165, 1.54) is 17.1 Å². The predicted octanol–water partition coefficient (Wildman–Crippen LogP) is 0.978. The molecule has 0 bridgehead atoms. The third-order valence-corrected chi connectivity index (χ3v) is 3.95. The fourth-order valence-electron chi connectivity index (χ4n) is 2.35. The summed E-state index contributed by atoms with van der Waals surface area (Å²) in [6.45, 7) is 0.362. The Kier molecular flexibility index (Phi) is 6.59. The van der Waals surface area contributed by atoms with E-state index in [0.717, 1.165) is 0 Å². The summed E-state index contributed by atoms with van der Waals surface area (Å²) in [6.07, 6.45) is 2.82. The molecule has 2 aromatic heterocycles. The molecule has 0 aliphatic rings. The molecule has 0 spiro atoms. The number of rotatable bonds is 7. The Bertz CT molecular complexity index is 1070. The molecule has 0 radical (unpaired) electrons. The van der Waals surface area contributed by atoms with Crippen LogP contribution in [-0.4, -0.2) is 40.5 Å². The Hall–Kier alpha value is -3.94. The summed E-state index contributed by atoms with van der Waals surface area (Å²) in [7, 11) is 0. The van der Waals surface area contributed by atoms with Crippen molar-refractivity contribution in [3.05, 3.63) is 64.4 Å². The predicted molar refractivity (Wildman–Crippen MR) is 107 cm³/mol. The molecule has 12 nitrogen and oxygen atoms in total. The molecular formula is C16H16FN9O3S. The number of hydrogen-bond acceptors (Lipinski definition) is 7. The number of hydrogen-bond donors (Lipinski definition) is 3. The normalized spacial score (nSPS) is 10.4. The summed E-state index contributed by atoms with van der Waals surface area (Å²) in [5.74, 6) is -0.855. The number of thiocarbonyl (C=S) groups is 1. The van der Waals surface area contributed by atoms with Crippen LogP contribution in [0.15, 0.2) is 42.9 Å². The number of nitro groups is 1. The standard InChI is InChI=1S/C16H16FN9O3S/c17-12-4-2-1-3-11(12)9-24-7-5-13(22-24)19-16(30)21-20-14(27)6-8-25-10-18-15(23-25)26(28)29/h1-5,7,10H,6,8-9H2,(H,20,27)(H2,19,21,22,30). The topological polar surface area (TPSA) is 145 Å². The van der Waals surface area contributed by atoms with Crippen LogP contribution >= 0.6 is 12.2 Å². The van der Waals surface area contributed by atoms with Gasteiger partial charge in [-0.25, -0.2) is 4.39 Å². The summed E-state index contributed by atoms with van der Waals surface area (Å²) >= 11 is 5.08. The molecule has 0 saturated carbocycles. The Morgan fingerprint density at radius 2 is 2.00 bits per heavy atom. The maximum absolute atomic E-state index is 13.7. The van der Waals surface area contributed by atoms with Gasteiger partial charge in [-0.05, 0) is 23.2 Å². The summed E-state index contributed by atoms with van der Waals surface area (Å²) < 4.78 is 16.4. The minimum atomic E-state index is -0.722. The van der Waals surface area contributed by atoms with Gasteiger partial charge in [-0.2, -0.15) is 9.78 Å². The molecule has 0 aliphatic heterocycles. The monoisotopic (exact) mass is 433 g/mol. The van der Waals surface area contributed by atoms with Crippen molar-refractivity contribution in [2.45, 2.75) is 19.5 Å². The second-order valence-electron chi connectivity index (χ2n) is 5.93. The third-order valence-electron chi connectivity index (χ3n) is 3.74. The van der Waals surface area contributed by atoms with Crippen LogP contribution in [0.1, 0.15) is 12.0 Å². The van der Waals surface area contributed by atoms with Crippen molar-refractivity contribution in [1.82, 2.24) is 35.4 Å². The molecule has 156 valence electrons.